The van der Waals surface area contributed by atoms with Crippen molar-refractivity contribution in [2.75, 3.05) is 32.6 Å². The van der Waals surface area contributed by atoms with Gasteiger partial charge < -0.3 is 23.8 Å². The molecule has 7 nitrogen and oxygen atoms in total. The molecule has 0 aliphatic rings. The summed E-state index contributed by atoms with van der Waals surface area (Å²) in [6.07, 6.45) is 1.61. The summed E-state index contributed by atoms with van der Waals surface area (Å²) in [6, 6.07) is 9.14. The number of rotatable bonds is 7. The maximum Gasteiger partial charge on any atom is 0.340 e. The maximum atomic E-state index is 12.7. The molecule has 0 radical (unpaired) electrons. The molecular formula is C26H28N2O5. The van der Waals surface area contributed by atoms with Crippen molar-refractivity contribution in [3.8, 4) is 5.75 Å². The summed E-state index contributed by atoms with van der Waals surface area (Å²) in [5, 5.41) is 4.63. The van der Waals surface area contributed by atoms with Crippen molar-refractivity contribution in [2.24, 2.45) is 0 Å². The molecule has 0 atom stereocenters. The van der Waals surface area contributed by atoms with E-state index in [2.05, 4.69) is 5.32 Å². The van der Waals surface area contributed by atoms with Gasteiger partial charge in [-0.05, 0) is 76.3 Å². The van der Waals surface area contributed by atoms with Crippen molar-refractivity contribution < 1.29 is 18.4 Å². The third-order valence-electron chi connectivity index (χ3n) is 5.82. The Labute approximate surface area is 191 Å². The average molecular weight is 449 g/mol. The second kappa shape index (κ2) is 9.11. The molecule has 4 aromatic rings. The van der Waals surface area contributed by atoms with Gasteiger partial charge >= 0.3 is 5.63 Å². The number of fused-ring (bicyclic) bond motifs is 2. The molecule has 2 aromatic heterocycles. The van der Waals surface area contributed by atoms with Crippen LogP contribution in [0.1, 0.15) is 22.3 Å². The molecular weight excluding hydrogens is 420 g/mol. The van der Waals surface area contributed by atoms with E-state index in [4.69, 9.17) is 13.6 Å². The van der Waals surface area contributed by atoms with Crippen molar-refractivity contribution in [3.63, 3.8) is 0 Å². The highest BCUT2D eigenvalue weighted by molar-refractivity contribution is 6.00. The first-order valence-corrected chi connectivity index (χ1v) is 10.9. The SMILES string of the molecule is Cc1coc2c(C)c3oc(=O)c(CC(=O)Nc4ccc(OCCN(C)C)cc4)c(C)c3cc12. The van der Waals surface area contributed by atoms with Crippen molar-refractivity contribution in [1.29, 1.82) is 0 Å². The smallest absolute Gasteiger partial charge is 0.340 e. The van der Waals surface area contributed by atoms with Crippen LogP contribution in [-0.2, 0) is 11.2 Å². The minimum atomic E-state index is -0.509. The summed E-state index contributed by atoms with van der Waals surface area (Å²) >= 11 is 0. The molecule has 172 valence electrons. The number of hydrogen-bond acceptors (Lipinski definition) is 6. The first-order valence-electron chi connectivity index (χ1n) is 10.9. The van der Waals surface area contributed by atoms with Crippen LogP contribution in [0.4, 0.5) is 5.69 Å². The number of ether oxygens (including phenoxy) is 1. The number of nitrogens with one attached hydrogen (secondary N) is 1. The lowest BCUT2D eigenvalue weighted by atomic mass is 9.99. The van der Waals surface area contributed by atoms with Gasteiger partial charge in [0.1, 0.15) is 23.5 Å². The van der Waals surface area contributed by atoms with Gasteiger partial charge in [0.25, 0.3) is 0 Å². The zero-order chi connectivity index (χ0) is 23.7. The Kier molecular flexibility index (Phi) is 6.24. The minimum Gasteiger partial charge on any atom is -0.492 e. The van der Waals surface area contributed by atoms with E-state index in [1.54, 1.807) is 18.4 Å². The molecule has 4 rings (SSSR count). The Morgan fingerprint density at radius 2 is 1.76 bits per heavy atom. The van der Waals surface area contributed by atoms with Crippen LogP contribution in [0.2, 0.25) is 0 Å². The Bertz CT molecular complexity index is 1380. The van der Waals surface area contributed by atoms with Gasteiger partial charge in [-0.3, -0.25) is 4.79 Å². The third-order valence-corrected chi connectivity index (χ3v) is 5.82. The molecule has 2 heterocycles. The van der Waals surface area contributed by atoms with E-state index in [1.807, 2.05) is 58.0 Å². The number of nitrogens with zero attached hydrogens (tertiary/aromatic N) is 1. The molecule has 0 saturated heterocycles. The van der Waals surface area contributed by atoms with Crippen molar-refractivity contribution in [3.05, 3.63) is 69.3 Å². The number of anilines is 1. The summed E-state index contributed by atoms with van der Waals surface area (Å²) in [5.74, 6) is 0.445. The number of benzene rings is 2. The summed E-state index contributed by atoms with van der Waals surface area (Å²) in [7, 11) is 3.97. The van der Waals surface area contributed by atoms with E-state index in [0.717, 1.165) is 39.8 Å². The molecule has 0 aliphatic heterocycles. The van der Waals surface area contributed by atoms with E-state index in [9.17, 15) is 9.59 Å². The fourth-order valence-corrected chi connectivity index (χ4v) is 3.87. The first kappa shape index (κ1) is 22.6. The van der Waals surface area contributed by atoms with Crippen LogP contribution in [0, 0.1) is 20.8 Å². The molecule has 0 saturated carbocycles. The van der Waals surface area contributed by atoms with E-state index >= 15 is 0 Å². The van der Waals surface area contributed by atoms with Crippen LogP contribution in [0.25, 0.3) is 21.9 Å². The lowest BCUT2D eigenvalue weighted by Gasteiger charge is -2.12. The quantitative estimate of drug-likeness (QED) is 0.417. The summed E-state index contributed by atoms with van der Waals surface area (Å²) < 4.78 is 16.9. The number of aryl methyl sites for hydroxylation is 3. The van der Waals surface area contributed by atoms with Crippen molar-refractivity contribution in [2.45, 2.75) is 27.2 Å². The molecule has 0 spiro atoms. The molecule has 0 unspecified atom stereocenters. The molecule has 2 aromatic carbocycles. The van der Waals surface area contributed by atoms with Gasteiger partial charge in [-0.25, -0.2) is 4.79 Å². The zero-order valence-corrected chi connectivity index (χ0v) is 19.6. The highest BCUT2D eigenvalue weighted by atomic mass is 16.5. The van der Waals surface area contributed by atoms with Gasteiger partial charge in [-0.2, -0.15) is 0 Å². The molecule has 7 heteroatoms. The Balaban J connectivity index is 1.53. The summed E-state index contributed by atoms with van der Waals surface area (Å²) in [4.78, 5) is 27.5. The number of furan rings is 1. The average Bonchev–Trinajstić information content (AvgIpc) is 3.14. The standard InChI is InChI=1S/C26H28N2O5/c1-15-14-32-24-17(3)25-21(12-20(15)24)16(2)22(26(30)33-25)13-23(29)27-18-6-8-19(9-7-18)31-11-10-28(4)5/h6-9,12,14H,10-11,13H2,1-5H3,(H,27,29). The monoisotopic (exact) mass is 448 g/mol. The minimum absolute atomic E-state index is 0.0767. The van der Waals surface area contributed by atoms with Gasteiger partial charge in [0.2, 0.25) is 5.91 Å². The topological polar surface area (TPSA) is 84.9 Å². The normalized spacial score (nSPS) is 11.5. The lowest BCUT2D eigenvalue weighted by Crippen LogP contribution is -2.21. The van der Waals surface area contributed by atoms with Gasteiger partial charge in [-0.15, -0.1) is 0 Å². The van der Waals surface area contributed by atoms with E-state index in [-0.39, 0.29) is 12.3 Å². The molecule has 1 amide bonds. The molecule has 0 aliphatic carbocycles. The van der Waals surface area contributed by atoms with Crippen LogP contribution in [0.5, 0.6) is 5.75 Å². The summed E-state index contributed by atoms with van der Waals surface area (Å²) in [5.41, 5.74) is 4.21. The Morgan fingerprint density at radius 1 is 1.03 bits per heavy atom. The zero-order valence-electron chi connectivity index (χ0n) is 19.6. The summed E-state index contributed by atoms with van der Waals surface area (Å²) in [6.45, 7) is 7.09. The Hall–Kier alpha value is -3.58. The Morgan fingerprint density at radius 3 is 2.45 bits per heavy atom. The lowest BCUT2D eigenvalue weighted by molar-refractivity contribution is -0.115. The van der Waals surface area contributed by atoms with Crippen molar-refractivity contribution in [1.82, 2.24) is 4.90 Å². The number of amides is 1. The highest BCUT2D eigenvalue weighted by Gasteiger charge is 2.19. The number of likely N-dealkylation sites (N-methyl/N-ethyl adjacent to an activating group) is 1. The third kappa shape index (κ3) is 4.64. The van der Waals surface area contributed by atoms with E-state index < -0.39 is 5.63 Å². The highest BCUT2D eigenvalue weighted by Crippen LogP contribution is 2.32. The molecule has 33 heavy (non-hydrogen) atoms. The molecule has 0 fully saturated rings. The van der Waals surface area contributed by atoms with Crippen LogP contribution in [-0.4, -0.2) is 38.1 Å². The first-order chi connectivity index (χ1) is 15.7. The number of carbonyl (C=O) groups excluding carboxylic acids is 1. The van der Waals surface area contributed by atoms with Gasteiger partial charge in [0, 0.05) is 28.6 Å². The fraction of sp³-hybridized carbons (Fsp3) is 0.308. The largest absolute Gasteiger partial charge is 0.492 e. The van der Waals surface area contributed by atoms with Crippen LogP contribution < -0.4 is 15.7 Å². The van der Waals surface area contributed by atoms with Gasteiger partial charge in [0.15, 0.2) is 0 Å². The number of hydrogen-bond donors (Lipinski definition) is 1. The van der Waals surface area contributed by atoms with Gasteiger partial charge in [-0.1, -0.05) is 0 Å². The predicted octanol–water partition coefficient (Wildman–Crippen LogP) is 4.59. The van der Waals surface area contributed by atoms with E-state index in [1.165, 1.54) is 0 Å². The number of carbonyl (C=O) groups is 1. The second-order valence-corrected chi connectivity index (χ2v) is 8.57. The van der Waals surface area contributed by atoms with Crippen molar-refractivity contribution >= 4 is 33.5 Å². The van der Waals surface area contributed by atoms with Crippen LogP contribution in [0.15, 0.2) is 50.2 Å². The predicted molar refractivity (Wildman–Crippen MR) is 129 cm³/mol. The maximum absolute atomic E-state index is 12.7. The van der Waals surface area contributed by atoms with Crippen LogP contribution in [0.3, 0.4) is 0 Å². The van der Waals surface area contributed by atoms with Crippen LogP contribution >= 0.6 is 0 Å². The van der Waals surface area contributed by atoms with E-state index in [0.29, 0.717) is 29.0 Å². The fourth-order valence-electron chi connectivity index (χ4n) is 3.87. The van der Waals surface area contributed by atoms with Gasteiger partial charge in [0.05, 0.1) is 18.2 Å². The molecule has 1 N–H and O–H groups in total. The molecule has 0 bridgehead atoms. The second-order valence-electron chi connectivity index (χ2n) is 8.57.